The molecule has 2 N–H and O–H groups in total. The molecule has 2 aliphatic heterocycles. The first kappa shape index (κ1) is 21.4. The molecule has 168 valence electrons. The summed E-state index contributed by atoms with van der Waals surface area (Å²) in [7, 11) is 2.16. The van der Waals surface area contributed by atoms with E-state index in [9.17, 15) is 9.18 Å². The van der Waals surface area contributed by atoms with Crippen molar-refractivity contribution in [1.82, 2.24) is 9.80 Å². The predicted molar refractivity (Wildman–Crippen MR) is 131 cm³/mol. The molecule has 0 bridgehead atoms. The lowest BCUT2D eigenvalue weighted by Crippen LogP contribution is -2.43. The largest absolute Gasteiger partial charge is 0.354 e. The van der Waals surface area contributed by atoms with Crippen LogP contribution in [0.15, 0.2) is 72.8 Å². The Labute approximate surface area is 193 Å². The zero-order chi connectivity index (χ0) is 22.8. The minimum atomic E-state index is -0.375. The summed E-state index contributed by atoms with van der Waals surface area (Å²) in [5, 5.41) is 6.26. The number of halogens is 1. The van der Waals surface area contributed by atoms with E-state index in [2.05, 4.69) is 39.6 Å². The number of nitrogens with zero attached hydrogens (tertiary/aromatic N) is 2. The molecule has 2 heterocycles. The van der Waals surface area contributed by atoms with Crippen molar-refractivity contribution in [1.29, 1.82) is 0 Å². The minimum Gasteiger partial charge on any atom is -0.354 e. The van der Waals surface area contributed by atoms with Crippen molar-refractivity contribution in [2.45, 2.75) is 6.54 Å². The van der Waals surface area contributed by atoms with Crippen LogP contribution in [-0.4, -0.2) is 48.9 Å². The van der Waals surface area contributed by atoms with Crippen molar-refractivity contribution in [2.75, 3.05) is 43.9 Å². The van der Waals surface area contributed by atoms with E-state index in [-0.39, 0.29) is 11.7 Å². The lowest BCUT2D eigenvalue weighted by atomic mass is 10.00. The van der Waals surface area contributed by atoms with Gasteiger partial charge in [0, 0.05) is 44.0 Å². The van der Waals surface area contributed by atoms with Gasteiger partial charge in [-0.15, -0.1) is 0 Å². The number of fused-ring (bicyclic) bond motifs is 1. The smallest absolute Gasteiger partial charge is 0.258 e. The number of hydrogen-bond acceptors (Lipinski definition) is 4. The second-order valence-corrected chi connectivity index (χ2v) is 8.66. The first-order valence-corrected chi connectivity index (χ1v) is 11.2. The third-order valence-corrected chi connectivity index (χ3v) is 6.26. The molecule has 0 radical (unpaired) electrons. The molecule has 0 atom stereocenters. The van der Waals surface area contributed by atoms with Crippen molar-refractivity contribution in [2.24, 2.45) is 0 Å². The van der Waals surface area contributed by atoms with E-state index in [1.165, 1.54) is 17.7 Å². The monoisotopic (exact) mass is 442 g/mol. The number of amides is 1. The Morgan fingerprint density at radius 2 is 1.70 bits per heavy atom. The van der Waals surface area contributed by atoms with Gasteiger partial charge in [-0.1, -0.05) is 42.5 Å². The summed E-state index contributed by atoms with van der Waals surface area (Å²) in [6.07, 6.45) is 0. The van der Waals surface area contributed by atoms with Crippen molar-refractivity contribution < 1.29 is 9.18 Å². The average Bonchev–Trinajstić information content (AvgIpc) is 3.15. The summed E-state index contributed by atoms with van der Waals surface area (Å²) >= 11 is 0. The van der Waals surface area contributed by atoms with E-state index >= 15 is 0 Å². The van der Waals surface area contributed by atoms with Gasteiger partial charge < -0.3 is 15.5 Å². The first-order chi connectivity index (χ1) is 16.1. The summed E-state index contributed by atoms with van der Waals surface area (Å²) in [6.45, 7) is 5.29. The highest BCUT2D eigenvalue weighted by molar-refractivity contribution is 6.37. The number of benzene rings is 3. The highest BCUT2D eigenvalue weighted by Crippen LogP contribution is 2.37. The topological polar surface area (TPSA) is 47.6 Å². The highest BCUT2D eigenvalue weighted by Gasteiger charge is 2.28. The molecule has 33 heavy (non-hydrogen) atoms. The molecule has 0 saturated carbocycles. The molecule has 6 heteroatoms. The van der Waals surface area contributed by atoms with Crippen LogP contribution in [0.5, 0.6) is 0 Å². The Hall–Kier alpha value is -3.48. The second-order valence-electron chi connectivity index (χ2n) is 8.66. The molecule has 0 unspecified atom stereocenters. The zero-order valence-corrected chi connectivity index (χ0v) is 18.6. The van der Waals surface area contributed by atoms with Crippen LogP contribution < -0.4 is 10.6 Å². The number of likely N-dealkylation sites (N-methyl/N-ethyl adjacent to an activating group) is 1. The molecule has 0 aliphatic carbocycles. The van der Waals surface area contributed by atoms with Crippen LogP contribution in [0.25, 0.3) is 11.3 Å². The maximum atomic E-state index is 13.7. The van der Waals surface area contributed by atoms with Gasteiger partial charge in [0.2, 0.25) is 0 Å². The fraction of sp³-hybridized carbons (Fsp3) is 0.222. The van der Waals surface area contributed by atoms with Crippen molar-refractivity contribution in [3.63, 3.8) is 0 Å². The Bertz CT molecular complexity index is 1180. The van der Waals surface area contributed by atoms with Crippen LogP contribution in [0.4, 0.5) is 15.8 Å². The predicted octanol–water partition coefficient (Wildman–Crippen LogP) is 4.51. The molecule has 0 spiro atoms. The quantitative estimate of drug-likeness (QED) is 0.571. The van der Waals surface area contributed by atoms with E-state index in [4.69, 9.17) is 0 Å². The fourth-order valence-corrected chi connectivity index (χ4v) is 4.38. The van der Waals surface area contributed by atoms with Crippen LogP contribution in [0, 0.1) is 5.82 Å². The Morgan fingerprint density at radius 1 is 0.970 bits per heavy atom. The van der Waals surface area contributed by atoms with Gasteiger partial charge in [-0.3, -0.25) is 9.69 Å². The number of hydrogen-bond donors (Lipinski definition) is 2. The van der Waals surface area contributed by atoms with Gasteiger partial charge in [-0.2, -0.15) is 0 Å². The minimum absolute atomic E-state index is 0.242. The SMILES string of the molecule is CN1CCN(Cc2ccc(NC(=C3C(=O)Nc4cc(F)ccc43)c3ccccc3)cc2)CC1. The summed E-state index contributed by atoms with van der Waals surface area (Å²) in [5.41, 5.74) is 5.45. The van der Waals surface area contributed by atoms with Crippen LogP contribution >= 0.6 is 0 Å². The molecular weight excluding hydrogens is 415 g/mol. The number of anilines is 2. The van der Waals surface area contributed by atoms with E-state index in [1.807, 2.05) is 42.5 Å². The molecule has 2 aliphatic rings. The van der Waals surface area contributed by atoms with Crippen LogP contribution in [-0.2, 0) is 11.3 Å². The van der Waals surface area contributed by atoms with Gasteiger partial charge >= 0.3 is 0 Å². The molecule has 1 amide bonds. The summed E-state index contributed by atoms with van der Waals surface area (Å²) < 4.78 is 13.7. The number of rotatable bonds is 5. The van der Waals surface area contributed by atoms with Gasteiger partial charge in [-0.25, -0.2) is 4.39 Å². The lowest BCUT2D eigenvalue weighted by molar-refractivity contribution is -0.110. The standard InChI is InChI=1S/C27H27FN4O/c1-31-13-15-32(16-14-31)18-19-7-10-22(11-8-19)29-26(20-5-3-2-4-6-20)25-23-12-9-21(28)17-24(23)30-27(25)33/h2-12,17,29H,13-16,18H2,1H3,(H,30,33). The van der Waals surface area contributed by atoms with Gasteiger partial charge in [0.05, 0.1) is 17.0 Å². The number of nitrogens with one attached hydrogen (secondary N) is 2. The molecule has 1 fully saturated rings. The van der Waals surface area contributed by atoms with E-state index in [0.717, 1.165) is 44.0 Å². The maximum absolute atomic E-state index is 13.7. The van der Waals surface area contributed by atoms with Gasteiger partial charge in [0.15, 0.2) is 0 Å². The molecule has 5 nitrogen and oxygen atoms in total. The third-order valence-electron chi connectivity index (χ3n) is 6.26. The second kappa shape index (κ2) is 9.17. The number of piperazine rings is 1. The fourth-order valence-electron chi connectivity index (χ4n) is 4.38. The highest BCUT2D eigenvalue weighted by atomic mass is 19.1. The molecule has 5 rings (SSSR count). The van der Waals surface area contributed by atoms with Crippen LogP contribution in [0.2, 0.25) is 0 Å². The normalized spacial score (nSPS) is 18.1. The van der Waals surface area contributed by atoms with Gasteiger partial charge in [-0.05, 0) is 48.5 Å². The average molecular weight is 443 g/mol. The molecule has 0 aromatic heterocycles. The summed E-state index contributed by atoms with van der Waals surface area (Å²) in [4.78, 5) is 17.7. The number of carbonyl (C=O) groups is 1. The molecule has 3 aromatic carbocycles. The van der Waals surface area contributed by atoms with Crippen molar-refractivity contribution >= 4 is 28.6 Å². The van der Waals surface area contributed by atoms with Crippen LogP contribution in [0.3, 0.4) is 0 Å². The zero-order valence-electron chi connectivity index (χ0n) is 18.6. The Balaban J connectivity index is 1.44. The van der Waals surface area contributed by atoms with Crippen LogP contribution in [0.1, 0.15) is 16.7 Å². The molecule has 1 saturated heterocycles. The third kappa shape index (κ3) is 4.67. The summed E-state index contributed by atoms with van der Waals surface area (Å²) in [6, 6.07) is 22.5. The molecule has 3 aromatic rings. The van der Waals surface area contributed by atoms with Crippen molar-refractivity contribution in [3.8, 4) is 0 Å². The maximum Gasteiger partial charge on any atom is 0.258 e. The summed E-state index contributed by atoms with van der Waals surface area (Å²) in [5.74, 6) is -0.617. The Morgan fingerprint density at radius 3 is 2.42 bits per heavy atom. The van der Waals surface area contributed by atoms with E-state index < -0.39 is 0 Å². The molecular formula is C27H27FN4O. The first-order valence-electron chi connectivity index (χ1n) is 11.2. The van der Waals surface area contributed by atoms with E-state index in [1.54, 1.807) is 6.07 Å². The lowest BCUT2D eigenvalue weighted by Gasteiger charge is -2.32. The van der Waals surface area contributed by atoms with Gasteiger partial charge in [0.25, 0.3) is 5.91 Å². The van der Waals surface area contributed by atoms with Crippen molar-refractivity contribution in [3.05, 3.63) is 95.3 Å². The Kier molecular flexibility index (Phi) is 5.94. The van der Waals surface area contributed by atoms with Gasteiger partial charge in [0.1, 0.15) is 5.82 Å². The number of carbonyl (C=O) groups excluding carboxylic acids is 1. The van der Waals surface area contributed by atoms with E-state index in [0.29, 0.717) is 22.5 Å².